The average Bonchev–Trinajstić information content (AvgIpc) is 2.55. The van der Waals surface area contributed by atoms with Crippen LogP contribution >= 0.6 is 0 Å². The summed E-state index contributed by atoms with van der Waals surface area (Å²) in [5.74, 6) is -0.105. The van der Waals surface area contributed by atoms with Gasteiger partial charge in [0.2, 0.25) is 5.91 Å². The molecule has 0 aliphatic heterocycles. The summed E-state index contributed by atoms with van der Waals surface area (Å²) in [6.45, 7) is 1.43. The average molecular weight is 319 g/mol. The Bertz CT molecular complexity index is 897. The van der Waals surface area contributed by atoms with Crippen molar-refractivity contribution in [2.24, 2.45) is 0 Å². The molecule has 0 heterocycles. The quantitative estimate of drug-likeness (QED) is 0.585. The fraction of sp³-hybridized carbons (Fsp3) is 0.100. The van der Waals surface area contributed by atoms with E-state index < -0.39 is 0 Å². The molecule has 0 unspecified atom stereocenters. The summed E-state index contributed by atoms with van der Waals surface area (Å²) in [6.07, 6.45) is 0.186. The summed E-state index contributed by atoms with van der Waals surface area (Å²) in [5, 5.41) is 4.80. The number of amides is 1. The minimum Gasteiger partial charge on any atom is -0.426 e. The van der Waals surface area contributed by atoms with Gasteiger partial charge in [0.1, 0.15) is 5.75 Å². The van der Waals surface area contributed by atoms with E-state index in [9.17, 15) is 9.59 Å². The van der Waals surface area contributed by atoms with E-state index in [4.69, 9.17) is 4.74 Å². The number of carbonyl (C=O) groups excluding carboxylic acids is 2. The van der Waals surface area contributed by atoms with E-state index in [0.29, 0.717) is 11.4 Å². The highest BCUT2D eigenvalue weighted by atomic mass is 16.5. The summed E-state index contributed by atoms with van der Waals surface area (Å²) in [6, 6.07) is 20.6. The van der Waals surface area contributed by atoms with Crippen LogP contribution in [0.1, 0.15) is 12.5 Å². The molecule has 0 radical (unpaired) electrons. The lowest BCUT2D eigenvalue weighted by Gasteiger charge is -2.08. The van der Waals surface area contributed by atoms with E-state index in [2.05, 4.69) is 5.32 Å². The predicted molar refractivity (Wildman–Crippen MR) is 94.0 cm³/mol. The van der Waals surface area contributed by atoms with E-state index >= 15 is 0 Å². The minimum atomic E-state index is -0.341. The van der Waals surface area contributed by atoms with Crippen LogP contribution in [0, 0.1) is 0 Å². The summed E-state index contributed by atoms with van der Waals surface area (Å²) >= 11 is 0. The number of esters is 1. The smallest absolute Gasteiger partial charge is 0.315 e. The number of carbonyl (C=O) groups is 2. The van der Waals surface area contributed by atoms with Gasteiger partial charge in [0, 0.05) is 18.7 Å². The third-order valence-corrected chi connectivity index (χ3v) is 3.60. The third-order valence-electron chi connectivity index (χ3n) is 3.60. The Kier molecular flexibility index (Phi) is 4.57. The van der Waals surface area contributed by atoms with Crippen LogP contribution in [0.4, 0.5) is 5.69 Å². The zero-order valence-electron chi connectivity index (χ0n) is 13.3. The highest BCUT2D eigenvalue weighted by molar-refractivity contribution is 5.90. The standard InChI is InChI=1S/C20H17NO3/c1-14(22)21-17-9-5-10-18(13-17)24-20(23)12-16-8-4-7-15-6-2-3-11-19(15)16/h2-11,13H,12H2,1H3,(H,21,22). The molecule has 24 heavy (non-hydrogen) atoms. The molecule has 0 aromatic heterocycles. The van der Waals surface area contributed by atoms with Gasteiger partial charge in [-0.2, -0.15) is 0 Å². The Morgan fingerprint density at radius 2 is 1.71 bits per heavy atom. The SMILES string of the molecule is CC(=O)Nc1cccc(OC(=O)Cc2cccc3ccccc23)c1. The number of rotatable bonds is 4. The monoisotopic (exact) mass is 319 g/mol. The van der Waals surface area contributed by atoms with Crippen molar-refractivity contribution < 1.29 is 14.3 Å². The number of fused-ring (bicyclic) bond motifs is 1. The van der Waals surface area contributed by atoms with Gasteiger partial charge < -0.3 is 10.1 Å². The molecule has 0 aliphatic carbocycles. The molecule has 0 bridgehead atoms. The van der Waals surface area contributed by atoms with Gasteiger partial charge in [-0.05, 0) is 28.5 Å². The number of benzene rings is 3. The van der Waals surface area contributed by atoms with E-state index in [1.165, 1.54) is 6.92 Å². The van der Waals surface area contributed by atoms with Crippen LogP contribution in [-0.2, 0) is 16.0 Å². The number of hydrogen-bond acceptors (Lipinski definition) is 3. The molecule has 0 aliphatic rings. The van der Waals surface area contributed by atoms with E-state index in [1.807, 2.05) is 42.5 Å². The molecule has 120 valence electrons. The Hall–Kier alpha value is -3.14. The first kappa shape index (κ1) is 15.7. The van der Waals surface area contributed by atoms with Gasteiger partial charge in [-0.3, -0.25) is 9.59 Å². The number of nitrogens with one attached hydrogen (secondary N) is 1. The Labute approximate surface area is 140 Å². The van der Waals surface area contributed by atoms with Crippen molar-refractivity contribution in [1.29, 1.82) is 0 Å². The van der Waals surface area contributed by atoms with Crippen LogP contribution in [0.25, 0.3) is 10.8 Å². The molecule has 0 atom stereocenters. The van der Waals surface area contributed by atoms with Crippen molar-refractivity contribution in [3.05, 3.63) is 72.3 Å². The summed E-state index contributed by atoms with van der Waals surface area (Å²) in [4.78, 5) is 23.3. The fourth-order valence-electron chi connectivity index (χ4n) is 2.61. The molecule has 4 heteroatoms. The molecule has 0 saturated carbocycles. The number of hydrogen-bond donors (Lipinski definition) is 1. The van der Waals surface area contributed by atoms with E-state index in [-0.39, 0.29) is 18.3 Å². The summed E-state index contributed by atoms with van der Waals surface area (Å²) in [5.41, 5.74) is 1.52. The lowest BCUT2D eigenvalue weighted by molar-refractivity contribution is -0.133. The largest absolute Gasteiger partial charge is 0.426 e. The lowest BCUT2D eigenvalue weighted by atomic mass is 10.0. The fourth-order valence-corrected chi connectivity index (χ4v) is 2.61. The molecule has 0 saturated heterocycles. The molecular formula is C20H17NO3. The van der Waals surface area contributed by atoms with E-state index in [0.717, 1.165) is 16.3 Å². The number of anilines is 1. The topological polar surface area (TPSA) is 55.4 Å². The van der Waals surface area contributed by atoms with Crippen molar-refractivity contribution in [2.45, 2.75) is 13.3 Å². The molecule has 1 N–H and O–H groups in total. The Balaban J connectivity index is 1.75. The third kappa shape index (κ3) is 3.79. The lowest BCUT2D eigenvalue weighted by Crippen LogP contribution is -2.12. The van der Waals surface area contributed by atoms with Gasteiger partial charge in [-0.1, -0.05) is 48.5 Å². The van der Waals surface area contributed by atoms with Gasteiger partial charge in [0.05, 0.1) is 6.42 Å². The first-order chi connectivity index (χ1) is 11.6. The maximum atomic E-state index is 12.2. The summed E-state index contributed by atoms with van der Waals surface area (Å²) in [7, 11) is 0. The maximum absolute atomic E-state index is 12.2. The van der Waals surface area contributed by atoms with Crippen LogP contribution in [0.3, 0.4) is 0 Å². The van der Waals surface area contributed by atoms with Crippen LogP contribution in [0.2, 0.25) is 0 Å². The van der Waals surface area contributed by atoms with Crippen molar-refractivity contribution in [3.8, 4) is 5.75 Å². The van der Waals surface area contributed by atoms with Crippen LogP contribution in [0.15, 0.2) is 66.7 Å². The molecule has 3 aromatic carbocycles. The molecular weight excluding hydrogens is 302 g/mol. The van der Waals surface area contributed by atoms with E-state index in [1.54, 1.807) is 24.3 Å². The van der Waals surface area contributed by atoms with Crippen LogP contribution in [0.5, 0.6) is 5.75 Å². The second-order valence-corrected chi connectivity index (χ2v) is 5.50. The zero-order chi connectivity index (χ0) is 16.9. The van der Waals surface area contributed by atoms with Crippen molar-refractivity contribution in [1.82, 2.24) is 0 Å². The highest BCUT2D eigenvalue weighted by Gasteiger charge is 2.10. The second kappa shape index (κ2) is 6.96. The van der Waals surface area contributed by atoms with Crippen LogP contribution in [-0.4, -0.2) is 11.9 Å². The van der Waals surface area contributed by atoms with Gasteiger partial charge in [0.25, 0.3) is 0 Å². The minimum absolute atomic E-state index is 0.172. The van der Waals surface area contributed by atoms with Gasteiger partial charge >= 0.3 is 5.97 Å². The maximum Gasteiger partial charge on any atom is 0.315 e. The first-order valence-electron chi connectivity index (χ1n) is 7.67. The zero-order valence-corrected chi connectivity index (χ0v) is 13.3. The molecule has 3 aromatic rings. The Morgan fingerprint density at radius 1 is 0.958 bits per heavy atom. The normalized spacial score (nSPS) is 10.4. The van der Waals surface area contributed by atoms with Gasteiger partial charge in [0.15, 0.2) is 0 Å². The predicted octanol–water partition coefficient (Wildman–Crippen LogP) is 3.95. The second-order valence-electron chi connectivity index (χ2n) is 5.50. The molecule has 1 amide bonds. The highest BCUT2D eigenvalue weighted by Crippen LogP contribution is 2.21. The Morgan fingerprint density at radius 3 is 2.54 bits per heavy atom. The summed E-state index contributed by atoms with van der Waals surface area (Å²) < 4.78 is 5.40. The van der Waals surface area contributed by atoms with Crippen LogP contribution < -0.4 is 10.1 Å². The van der Waals surface area contributed by atoms with Gasteiger partial charge in [-0.25, -0.2) is 0 Å². The van der Waals surface area contributed by atoms with Crippen molar-refractivity contribution in [3.63, 3.8) is 0 Å². The molecule has 4 nitrogen and oxygen atoms in total. The molecule has 0 spiro atoms. The van der Waals surface area contributed by atoms with Crippen molar-refractivity contribution >= 4 is 28.3 Å². The molecule has 3 rings (SSSR count). The molecule has 0 fully saturated rings. The van der Waals surface area contributed by atoms with Crippen molar-refractivity contribution in [2.75, 3.05) is 5.32 Å². The van der Waals surface area contributed by atoms with Gasteiger partial charge in [-0.15, -0.1) is 0 Å². The first-order valence-corrected chi connectivity index (χ1v) is 7.67. The number of ether oxygens (including phenoxy) is 1.